The molecule has 1 aromatic carbocycles. The molecule has 1 saturated carbocycles. The van der Waals surface area contributed by atoms with E-state index in [0.717, 1.165) is 31.2 Å². The number of amides is 1. The summed E-state index contributed by atoms with van der Waals surface area (Å²) in [6, 6.07) is 5.51. The van der Waals surface area contributed by atoms with Gasteiger partial charge in [0, 0.05) is 24.0 Å². The van der Waals surface area contributed by atoms with Crippen LogP contribution < -0.4 is 14.2 Å². The third kappa shape index (κ3) is 4.82. The van der Waals surface area contributed by atoms with Crippen molar-refractivity contribution in [3.63, 3.8) is 0 Å². The second-order valence-corrected chi connectivity index (χ2v) is 9.14. The molecule has 1 aliphatic carbocycles. The molecule has 33 heavy (non-hydrogen) atoms. The highest BCUT2D eigenvalue weighted by atomic mass is 35.5. The molecule has 2 aromatic rings. The Balaban J connectivity index is 1.77. The number of ether oxygens (including phenoxy) is 3. The first-order chi connectivity index (χ1) is 16.1. The maximum absolute atomic E-state index is 13.6. The van der Waals surface area contributed by atoms with Crippen LogP contribution in [0.5, 0.6) is 17.2 Å². The Morgan fingerprint density at radius 1 is 1.09 bits per heavy atom. The van der Waals surface area contributed by atoms with E-state index < -0.39 is 0 Å². The molecule has 0 spiro atoms. The molecule has 0 unspecified atom stereocenters. The molecule has 1 saturated heterocycles. The average Bonchev–Trinajstić information content (AvgIpc) is 3.14. The molecule has 4 rings (SSSR count). The van der Waals surface area contributed by atoms with Crippen molar-refractivity contribution >= 4 is 46.2 Å². The maximum Gasteiger partial charge on any atom is 0.267 e. The number of carbonyl (C=O) groups excluding carboxylic acids is 1. The summed E-state index contributed by atoms with van der Waals surface area (Å²) in [7, 11) is 4.69. The summed E-state index contributed by atoms with van der Waals surface area (Å²) in [6.07, 6.45) is 10.3. The van der Waals surface area contributed by atoms with Gasteiger partial charge in [-0.25, -0.2) is 4.99 Å². The van der Waals surface area contributed by atoms with Crippen molar-refractivity contribution in [2.24, 2.45) is 4.99 Å². The summed E-state index contributed by atoms with van der Waals surface area (Å²) in [4.78, 5) is 24.8. The molecule has 2 heterocycles. The fourth-order valence-corrected chi connectivity index (χ4v) is 5.37. The maximum atomic E-state index is 13.6. The number of rotatable bonds is 6. The van der Waals surface area contributed by atoms with Crippen LogP contribution in [0, 0.1) is 0 Å². The van der Waals surface area contributed by atoms with E-state index in [-0.39, 0.29) is 11.9 Å². The quantitative estimate of drug-likeness (QED) is 0.487. The first-order valence-corrected chi connectivity index (χ1v) is 12.0. The molecular weight excluding hydrogens is 462 g/mol. The minimum atomic E-state index is -0.0623. The van der Waals surface area contributed by atoms with Crippen LogP contribution in [0.15, 0.2) is 40.5 Å². The van der Waals surface area contributed by atoms with Crippen LogP contribution in [0.3, 0.4) is 0 Å². The monoisotopic (exact) mass is 487 g/mol. The number of benzene rings is 1. The molecule has 1 amide bonds. The molecule has 0 N–H and O–H groups in total. The molecule has 2 aliphatic rings. The smallest absolute Gasteiger partial charge is 0.267 e. The predicted octanol–water partition coefficient (Wildman–Crippen LogP) is 5.70. The zero-order chi connectivity index (χ0) is 23.4. The Labute approximate surface area is 202 Å². The highest BCUT2D eigenvalue weighted by Crippen LogP contribution is 2.44. The average molecular weight is 488 g/mol. The number of halogens is 1. The number of methoxy groups -OCH3 is 3. The van der Waals surface area contributed by atoms with Crippen molar-refractivity contribution in [1.82, 2.24) is 9.88 Å². The molecular formula is C24H26ClN3O4S. The number of carbonyl (C=O) groups is 1. The molecule has 0 bridgehead atoms. The van der Waals surface area contributed by atoms with E-state index in [4.69, 9.17) is 30.8 Å². The summed E-state index contributed by atoms with van der Waals surface area (Å²) in [5, 5.41) is 1.08. The largest absolute Gasteiger partial charge is 0.493 e. The van der Waals surface area contributed by atoms with Gasteiger partial charge in [0.15, 0.2) is 16.7 Å². The molecule has 7 nitrogen and oxygen atoms in total. The van der Waals surface area contributed by atoms with E-state index in [1.165, 1.54) is 18.2 Å². The van der Waals surface area contributed by atoms with Crippen molar-refractivity contribution in [3.05, 3.63) is 46.1 Å². The molecule has 174 valence electrons. The minimum absolute atomic E-state index is 0.0623. The molecule has 1 aliphatic heterocycles. The van der Waals surface area contributed by atoms with Crippen LogP contribution >= 0.6 is 23.4 Å². The number of amidine groups is 1. The SMILES string of the molecule is COc1ccc(/C=C2\SC(=Nc3ccncc3Cl)N(C3CCCCC3)C2=O)c(OC)c1OC. The third-order valence-electron chi connectivity index (χ3n) is 5.77. The molecule has 9 heteroatoms. The van der Waals surface area contributed by atoms with Crippen molar-refractivity contribution in [2.45, 2.75) is 38.1 Å². The summed E-state index contributed by atoms with van der Waals surface area (Å²) < 4.78 is 16.5. The molecule has 2 fully saturated rings. The first kappa shape index (κ1) is 23.4. The Kier molecular flexibility index (Phi) is 7.45. The van der Waals surface area contributed by atoms with Gasteiger partial charge in [-0.2, -0.15) is 0 Å². The third-order valence-corrected chi connectivity index (χ3v) is 7.04. The number of aliphatic imine (C=N–C) groups is 1. The number of aromatic nitrogens is 1. The van der Waals surface area contributed by atoms with E-state index in [2.05, 4.69) is 4.98 Å². The van der Waals surface area contributed by atoms with E-state index in [1.807, 2.05) is 17.0 Å². The van der Waals surface area contributed by atoms with E-state index >= 15 is 0 Å². The van der Waals surface area contributed by atoms with Crippen molar-refractivity contribution in [2.75, 3.05) is 21.3 Å². The lowest BCUT2D eigenvalue weighted by atomic mass is 9.94. The van der Waals surface area contributed by atoms with E-state index in [9.17, 15) is 4.79 Å². The van der Waals surface area contributed by atoms with Gasteiger partial charge in [-0.05, 0) is 48.9 Å². The Hall–Kier alpha value is -2.71. The van der Waals surface area contributed by atoms with E-state index in [0.29, 0.717) is 38.0 Å². The first-order valence-electron chi connectivity index (χ1n) is 10.8. The number of nitrogens with zero attached hydrogens (tertiary/aromatic N) is 3. The lowest BCUT2D eigenvalue weighted by Gasteiger charge is -2.30. The molecule has 1 aromatic heterocycles. The fraction of sp³-hybridized carbons (Fsp3) is 0.375. The zero-order valence-electron chi connectivity index (χ0n) is 18.8. The lowest BCUT2D eigenvalue weighted by molar-refractivity contribution is -0.124. The Bertz CT molecular complexity index is 1100. The number of hydrogen-bond donors (Lipinski definition) is 0. The second-order valence-electron chi connectivity index (χ2n) is 7.72. The van der Waals surface area contributed by atoms with Crippen LogP contribution in [0.4, 0.5) is 5.69 Å². The zero-order valence-corrected chi connectivity index (χ0v) is 20.4. The van der Waals surface area contributed by atoms with E-state index in [1.54, 1.807) is 45.9 Å². The predicted molar refractivity (Wildman–Crippen MR) is 132 cm³/mol. The van der Waals surface area contributed by atoms with Crippen LogP contribution in [0.25, 0.3) is 6.08 Å². The number of pyridine rings is 1. The normalized spacial score (nSPS) is 19.4. The van der Waals surface area contributed by atoms with Gasteiger partial charge in [0.2, 0.25) is 5.75 Å². The van der Waals surface area contributed by atoms with Crippen LogP contribution in [0.1, 0.15) is 37.7 Å². The highest BCUT2D eigenvalue weighted by molar-refractivity contribution is 8.18. The minimum Gasteiger partial charge on any atom is -0.493 e. The Morgan fingerprint density at radius 2 is 1.85 bits per heavy atom. The van der Waals surface area contributed by atoms with Gasteiger partial charge >= 0.3 is 0 Å². The fourth-order valence-electron chi connectivity index (χ4n) is 4.17. The topological polar surface area (TPSA) is 73.3 Å². The molecule has 0 atom stereocenters. The standard InChI is InChI=1S/C24H26ClN3O4S/c1-30-19-10-9-15(21(31-2)22(19)32-3)13-20-23(29)28(16-7-5-4-6-8-16)24(33-20)27-18-11-12-26-14-17(18)25/h9-14,16H,4-8H2,1-3H3/b20-13-,27-24?. The van der Waals surface area contributed by atoms with Crippen LogP contribution in [-0.2, 0) is 4.79 Å². The Morgan fingerprint density at radius 3 is 2.52 bits per heavy atom. The van der Waals surface area contributed by atoms with Crippen LogP contribution in [0.2, 0.25) is 5.02 Å². The summed E-state index contributed by atoms with van der Waals surface area (Å²) in [6.45, 7) is 0. The summed E-state index contributed by atoms with van der Waals surface area (Å²) >= 11 is 7.64. The summed E-state index contributed by atoms with van der Waals surface area (Å²) in [5.74, 6) is 1.48. The van der Waals surface area contributed by atoms with Gasteiger partial charge < -0.3 is 14.2 Å². The van der Waals surface area contributed by atoms with Gasteiger partial charge in [-0.3, -0.25) is 14.7 Å². The van der Waals surface area contributed by atoms with Gasteiger partial charge in [0.25, 0.3) is 5.91 Å². The number of thioether (sulfide) groups is 1. The lowest BCUT2D eigenvalue weighted by Crippen LogP contribution is -2.40. The van der Waals surface area contributed by atoms with Gasteiger partial charge in [0.1, 0.15) is 0 Å². The molecule has 0 radical (unpaired) electrons. The van der Waals surface area contributed by atoms with Gasteiger partial charge in [0.05, 0.1) is 36.9 Å². The van der Waals surface area contributed by atoms with Gasteiger partial charge in [-0.1, -0.05) is 30.9 Å². The summed E-state index contributed by atoms with van der Waals surface area (Å²) in [5.41, 5.74) is 1.31. The van der Waals surface area contributed by atoms with Crippen LogP contribution in [-0.4, -0.2) is 48.3 Å². The van der Waals surface area contributed by atoms with Crippen molar-refractivity contribution < 1.29 is 19.0 Å². The second kappa shape index (κ2) is 10.5. The van der Waals surface area contributed by atoms with Gasteiger partial charge in [-0.15, -0.1) is 0 Å². The highest BCUT2D eigenvalue weighted by Gasteiger charge is 2.39. The number of hydrogen-bond acceptors (Lipinski definition) is 7. The van der Waals surface area contributed by atoms with Crippen molar-refractivity contribution in [1.29, 1.82) is 0 Å². The van der Waals surface area contributed by atoms with Crippen molar-refractivity contribution in [3.8, 4) is 17.2 Å².